The molecule has 0 bridgehead atoms. The summed E-state index contributed by atoms with van der Waals surface area (Å²) >= 11 is 0. The highest BCUT2D eigenvalue weighted by Crippen LogP contribution is 2.16. The van der Waals surface area contributed by atoms with Crippen LogP contribution in [0.5, 0.6) is 0 Å². The Morgan fingerprint density at radius 2 is 2.27 bits per heavy atom. The molecule has 1 atom stereocenters. The van der Waals surface area contributed by atoms with Crippen molar-refractivity contribution in [3.8, 4) is 0 Å². The molecule has 0 amide bonds. The van der Waals surface area contributed by atoms with E-state index in [0.717, 1.165) is 18.1 Å². The summed E-state index contributed by atoms with van der Waals surface area (Å²) in [6.07, 6.45) is 9.51. The third kappa shape index (κ3) is 2.31. The molecule has 0 spiro atoms. The standard InChI is InChI=1S/C10H13N5/c1-2-8(10-13-5-6-14-10)15-9-7-11-3-4-12-9/h3-8H,2H2,1H3,(H,12,15)(H,13,14). The van der Waals surface area contributed by atoms with Gasteiger partial charge in [-0.25, -0.2) is 9.97 Å². The topological polar surface area (TPSA) is 66.5 Å². The monoisotopic (exact) mass is 203 g/mol. The molecule has 2 aromatic heterocycles. The number of H-pyrrole nitrogens is 1. The first kappa shape index (κ1) is 9.64. The Kier molecular flexibility index (Phi) is 2.92. The van der Waals surface area contributed by atoms with E-state index in [9.17, 15) is 0 Å². The number of aromatic nitrogens is 4. The van der Waals surface area contributed by atoms with E-state index in [2.05, 4.69) is 32.2 Å². The van der Waals surface area contributed by atoms with Gasteiger partial charge in [-0.05, 0) is 6.42 Å². The van der Waals surface area contributed by atoms with Gasteiger partial charge in [-0.1, -0.05) is 6.92 Å². The van der Waals surface area contributed by atoms with Crippen LogP contribution in [0.2, 0.25) is 0 Å². The lowest BCUT2D eigenvalue weighted by Crippen LogP contribution is -2.12. The minimum Gasteiger partial charge on any atom is -0.359 e. The Labute approximate surface area is 88.0 Å². The molecule has 1 unspecified atom stereocenters. The van der Waals surface area contributed by atoms with Gasteiger partial charge in [-0.2, -0.15) is 0 Å². The minimum absolute atomic E-state index is 0.150. The molecular weight excluding hydrogens is 190 g/mol. The Balaban J connectivity index is 2.10. The van der Waals surface area contributed by atoms with Gasteiger partial charge in [-0.15, -0.1) is 0 Å². The Morgan fingerprint density at radius 1 is 1.33 bits per heavy atom. The SMILES string of the molecule is CCC(Nc1cnccn1)c1ncc[nH]1. The molecule has 2 N–H and O–H groups in total. The first-order chi connectivity index (χ1) is 7.40. The maximum Gasteiger partial charge on any atom is 0.145 e. The summed E-state index contributed by atoms with van der Waals surface area (Å²) < 4.78 is 0. The van der Waals surface area contributed by atoms with Gasteiger partial charge in [0, 0.05) is 24.8 Å². The number of hydrogen-bond acceptors (Lipinski definition) is 4. The van der Waals surface area contributed by atoms with E-state index in [1.54, 1.807) is 24.8 Å². The van der Waals surface area contributed by atoms with Crippen LogP contribution in [0, 0.1) is 0 Å². The highest BCUT2D eigenvalue weighted by Gasteiger charge is 2.11. The van der Waals surface area contributed by atoms with Crippen molar-refractivity contribution < 1.29 is 0 Å². The summed E-state index contributed by atoms with van der Waals surface area (Å²) in [6.45, 7) is 2.09. The number of anilines is 1. The quantitative estimate of drug-likeness (QED) is 0.794. The summed E-state index contributed by atoms with van der Waals surface area (Å²) in [6, 6.07) is 0.150. The molecule has 0 aromatic carbocycles. The van der Waals surface area contributed by atoms with Crippen molar-refractivity contribution >= 4 is 5.82 Å². The fraction of sp³-hybridized carbons (Fsp3) is 0.300. The van der Waals surface area contributed by atoms with Crippen LogP contribution in [0.15, 0.2) is 31.0 Å². The number of nitrogens with one attached hydrogen (secondary N) is 2. The summed E-state index contributed by atoms with van der Waals surface area (Å²) in [5.74, 6) is 1.68. The van der Waals surface area contributed by atoms with Gasteiger partial charge in [-0.3, -0.25) is 4.98 Å². The lowest BCUT2D eigenvalue weighted by Gasteiger charge is -2.14. The zero-order valence-electron chi connectivity index (χ0n) is 8.51. The van der Waals surface area contributed by atoms with Gasteiger partial charge < -0.3 is 10.3 Å². The molecule has 2 aromatic rings. The highest BCUT2D eigenvalue weighted by molar-refractivity contribution is 5.32. The third-order valence-corrected chi connectivity index (χ3v) is 2.14. The largest absolute Gasteiger partial charge is 0.359 e. The first-order valence-corrected chi connectivity index (χ1v) is 4.92. The number of nitrogens with zero attached hydrogens (tertiary/aromatic N) is 3. The van der Waals surface area contributed by atoms with Crippen molar-refractivity contribution in [3.05, 3.63) is 36.8 Å². The summed E-state index contributed by atoms with van der Waals surface area (Å²) in [4.78, 5) is 15.5. The van der Waals surface area contributed by atoms with Crippen molar-refractivity contribution in [1.82, 2.24) is 19.9 Å². The van der Waals surface area contributed by atoms with Gasteiger partial charge in [0.2, 0.25) is 0 Å². The van der Waals surface area contributed by atoms with Crippen LogP contribution in [0.3, 0.4) is 0 Å². The second-order valence-electron chi connectivity index (χ2n) is 3.17. The van der Waals surface area contributed by atoms with Crippen LogP contribution in [0.25, 0.3) is 0 Å². The number of aromatic amines is 1. The molecule has 15 heavy (non-hydrogen) atoms. The second kappa shape index (κ2) is 4.54. The lowest BCUT2D eigenvalue weighted by atomic mass is 10.2. The van der Waals surface area contributed by atoms with E-state index in [0.29, 0.717) is 0 Å². The van der Waals surface area contributed by atoms with Gasteiger partial charge in [0.15, 0.2) is 0 Å². The molecule has 5 heteroatoms. The third-order valence-electron chi connectivity index (χ3n) is 2.14. The number of rotatable bonds is 4. The molecule has 0 fully saturated rings. The highest BCUT2D eigenvalue weighted by atomic mass is 15.1. The summed E-state index contributed by atoms with van der Waals surface area (Å²) in [5.41, 5.74) is 0. The van der Waals surface area contributed by atoms with E-state index in [1.807, 2.05) is 6.20 Å². The van der Waals surface area contributed by atoms with Crippen LogP contribution in [-0.4, -0.2) is 19.9 Å². The van der Waals surface area contributed by atoms with E-state index in [1.165, 1.54) is 0 Å². The van der Waals surface area contributed by atoms with Gasteiger partial charge in [0.1, 0.15) is 11.6 Å². The molecule has 0 saturated heterocycles. The molecule has 0 aliphatic rings. The van der Waals surface area contributed by atoms with Crippen molar-refractivity contribution in [3.63, 3.8) is 0 Å². The Bertz CT molecular complexity index is 383. The molecular formula is C10H13N5. The average molecular weight is 203 g/mol. The van der Waals surface area contributed by atoms with Crippen LogP contribution in [-0.2, 0) is 0 Å². The van der Waals surface area contributed by atoms with Gasteiger partial charge in [0.25, 0.3) is 0 Å². The number of imidazole rings is 1. The Morgan fingerprint density at radius 3 is 2.87 bits per heavy atom. The van der Waals surface area contributed by atoms with Gasteiger partial charge in [0.05, 0.1) is 12.2 Å². The lowest BCUT2D eigenvalue weighted by molar-refractivity contribution is 0.699. The molecule has 2 heterocycles. The zero-order chi connectivity index (χ0) is 10.5. The molecule has 0 aliphatic carbocycles. The fourth-order valence-electron chi connectivity index (χ4n) is 1.38. The smallest absolute Gasteiger partial charge is 0.145 e. The summed E-state index contributed by atoms with van der Waals surface area (Å²) in [5, 5.41) is 3.26. The molecule has 0 radical (unpaired) electrons. The first-order valence-electron chi connectivity index (χ1n) is 4.92. The van der Waals surface area contributed by atoms with E-state index < -0.39 is 0 Å². The zero-order valence-corrected chi connectivity index (χ0v) is 8.51. The van der Waals surface area contributed by atoms with Crippen molar-refractivity contribution in [2.45, 2.75) is 19.4 Å². The fourth-order valence-corrected chi connectivity index (χ4v) is 1.38. The molecule has 5 nitrogen and oxygen atoms in total. The Hall–Kier alpha value is -1.91. The molecule has 0 aliphatic heterocycles. The van der Waals surface area contributed by atoms with Crippen molar-refractivity contribution in [2.75, 3.05) is 5.32 Å². The second-order valence-corrected chi connectivity index (χ2v) is 3.17. The van der Waals surface area contributed by atoms with Crippen LogP contribution in [0.4, 0.5) is 5.82 Å². The van der Waals surface area contributed by atoms with E-state index in [4.69, 9.17) is 0 Å². The molecule has 78 valence electrons. The molecule has 0 saturated carbocycles. The predicted octanol–water partition coefficient (Wildman–Crippen LogP) is 1.76. The minimum atomic E-state index is 0.150. The normalized spacial score (nSPS) is 12.3. The predicted molar refractivity (Wildman–Crippen MR) is 57.3 cm³/mol. The van der Waals surface area contributed by atoms with E-state index in [-0.39, 0.29) is 6.04 Å². The van der Waals surface area contributed by atoms with Crippen molar-refractivity contribution in [1.29, 1.82) is 0 Å². The average Bonchev–Trinajstić information content (AvgIpc) is 2.81. The maximum absolute atomic E-state index is 4.22. The van der Waals surface area contributed by atoms with Crippen LogP contribution < -0.4 is 5.32 Å². The summed E-state index contributed by atoms with van der Waals surface area (Å²) in [7, 11) is 0. The maximum atomic E-state index is 4.22. The van der Waals surface area contributed by atoms with E-state index >= 15 is 0 Å². The molecule has 2 rings (SSSR count). The van der Waals surface area contributed by atoms with Crippen LogP contribution >= 0.6 is 0 Å². The number of hydrogen-bond donors (Lipinski definition) is 2. The van der Waals surface area contributed by atoms with Crippen LogP contribution in [0.1, 0.15) is 25.2 Å². The van der Waals surface area contributed by atoms with Crippen molar-refractivity contribution in [2.24, 2.45) is 0 Å². The van der Waals surface area contributed by atoms with Gasteiger partial charge >= 0.3 is 0 Å².